The molecule has 1 fully saturated rings. The third kappa shape index (κ3) is 6.58. The summed E-state index contributed by atoms with van der Waals surface area (Å²) < 4.78 is 7.37. The molecule has 19 nitrogen and oxygen atoms in total. The van der Waals surface area contributed by atoms with Gasteiger partial charge in [0.25, 0.3) is 29.2 Å². The lowest BCUT2D eigenvalue weighted by Crippen LogP contribution is -2.54. The van der Waals surface area contributed by atoms with Crippen molar-refractivity contribution in [1.82, 2.24) is 35.0 Å². The number of amides is 7. The number of benzene rings is 1. The Morgan fingerprint density at radius 3 is 2.41 bits per heavy atom. The molecule has 7 amide bonds. The van der Waals surface area contributed by atoms with E-state index in [4.69, 9.17) is 16.2 Å². The number of imide groups is 2. The Labute approximate surface area is 275 Å². The summed E-state index contributed by atoms with van der Waals surface area (Å²) in [6, 6.07) is 4.24. The number of rotatable bonds is 12. The Morgan fingerprint density at radius 1 is 1.02 bits per heavy atom. The van der Waals surface area contributed by atoms with Gasteiger partial charge in [0, 0.05) is 26.1 Å². The third-order valence-electron chi connectivity index (χ3n) is 7.89. The van der Waals surface area contributed by atoms with Crippen molar-refractivity contribution in [2.75, 3.05) is 25.4 Å². The number of ether oxygens (including phenoxy) is 1. The minimum absolute atomic E-state index is 0.000288. The highest BCUT2D eigenvalue weighted by atomic mass is 16.5. The van der Waals surface area contributed by atoms with Crippen molar-refractivity contribution in [2.45, 2.75) is 45.3 Å². The van der Waals surface area contributed by atoms with Crippen LogP contribution < -0.4 is 43.4 Å². The van der Waals surface area contributed by atoms with Crippen LogP contribution in [0.1, 0.15) is 57.3 Å². The molecule has 256 valence electrons. The zero-order valence-electron chi connectivity index (χ0n) is 26.1. The Hall–Kier alpha value is -6.40. The minimum atomic E-state index is -1.15. The molecule has 2 aromatic heterocycles. The summed E-state index contributed by atoms with van der Waals surface area (Å²) in [5, 5.41) is 7.13. The highest BCUT2D eigenvalue weighted by Gasteiger charge is 2.46. The number of fused-ring (bicyclic) bond motifs is 2. The molecule has 0 spiro atoms. The fourth-order valence-electron chi connectivity index (χ4n) is 5.51. The summed E-state index contributed by atoms with van der Waals surface area (Å²) in [6.07, 6.45) is 0.210. The average molecular weight is 678 g/mol. The van der Waals surface area contributed by atoms with E-state index in [1.165, 1.54) is 18.2 Å². The summed E-state index contributed by atoms with van der Waals surface area (Å²) in [5.41, 5.74) is 9.04. The van der Waals surface area contributed by atoms with E-state index in [0.717, 1.165) is 15.5 Å². The van der Waals surface area contributed by atoms with Crippen LogP contribution in [0.4, 0.5) is 5.82 Å². The van der Waals surface area contributed by atoms with E-state index in [9.17, 15) is 43.2 Å². The number of aryl methyl sites for hydroxylation is 1. The zero-order chi connectivity index (χ0) is 35.6. The number of primary amides is 1. The van der Waals surface area contributed by atoms with Gasteiger partial charge < -0.3 is 26.8 Å². The number of nitrogens with one attached hydrogen (secondary N) is 3. The number of nitrogens with zero attached hydrogens (tertiary/aromatic N) is 4. The van der Waals surface area contributed by atoms with Gasteiger partial charge in [-0.3, -0.25) is 57.7 Å². The van der Waals surface area contributed by atoms with Crippen LogP contribution in [-0.4, -0.2) is 86.1 Å². The molecule has 0 saturated carbocycles. The number of carbonyl (C=O) groups is 7. The van der Waals surface area contributed by atoms with E-state index in [1.807, 2.05) is 0 Å². The maximum absolute atomic E-state index is 13.2. The number of hydrogen-bond acceptors (Lipinski definition) is 12. The summed E-state index contributed by atoms with van der Waals surface area (Å²) in [6.45, 7) is 0.720. The number of carbonyl (C=O) groups excluding carboxylic acids is 7. The monoisotopic (exact) mass is 677 g/mol. The van der Waals surface area contributed by atoms with Crippen LogP contribution in [-0.2, 0) is 32.3 Å². The Kier molecular flexibility index (Phi) is 9.53. The second-order valence-electron chi connectivity index (χ2n) is 11.0. The van der Waals surface area contributed by atoms with Crippen molar-refractivity contribution in [3.63, 3.8) is 0 Å². The van der Waals surface area contributed by atoms with Crippen molar-refractivity contribution in [1.29, 1.82) is 0 Å². The molecule has 7 N–H and O–H groups in total. The van der Waals surface area contributed by atoms with E-state index < -0.39 is 71.8 Å². The summed E-state index contributed by atoms with van der Waals surface area (Å²) in [7, 11) is 0. The van der Waals surface area contributed by atoms with Gasteiger partial charge in [-0.05, 0) is 38.0 Å². The molecule has 49 heavy (non-hydrogen) atoms. The molecular weight excluding hydrogens is 646 g/mol. The van der Waals surface area contributed by atoms with E-state index in [2.05, 4.69) is 20.9 Å². The molecular formula is C30H31N9O10. The first-order chi connectivity index (χ1) is 23.3. The number of pyridine rings is 1. The van der Waals surface area contributed by atoms with E-state index in [-0.39, 0.29) is 78.2 Å². The fraction of sp³-hybridized carbons (Fsp3) is 0.333. The van der Waals surface area contributed by atoms with Gasteiger partial charge in [0.2, 0.25) is 17.7 Å². The number of nitrogens with two attached hydrogens (primary N) is 2. The highest BCUT2D eigenvalue weighted by molar-refractivity contribution is 6.24. The first-order valence-electron chi connectivity index (χ1n) is 15.1. The van der Waals surface area contributed by atoms with Crippen molar-refractivity contribution >= 4 is 58.2 Å². The molecule has 19 heteroatoms. The first-order valence-corrected chi connectivity index (χ1v) is 15.1. The summed E-state index contributed by atoms with van der Waals surface area (Å²) in [4.78, 5) is 117. The maximum Gasteiger partial charge on any atom is 0.333 e. The quantitative estimate of drug-likeness (QED) is 0.0972. The summed E-state index contributed by atoms with van der Waals surface area (Å²) in [5.74, 6) is -5.19. The highest BCUT2D eigenvalue weighted by Crippen LogP contribution is 2.33. The van der Waals surface area contributed by atoms with Crippen LogP contribution in [0.3, 0.4) is 0 Å². The normalized spacial score (nSPS) is 15.6. The molecule has 2 aliphatic rings. The van der Waals surface area contributed by atoms with Crippen LogP contribution >= 0.6 is 0 Å². The smallest absolute Gasteiger partial charge is 0.333 e. The van der Waals surface area contributed by atoms with E-state index in [0.29, 0.717) is 4.57 Å². The van der Waals surface area contributed by atoms with E-state index >= 15 is 0 Å². The van der Waals surface area contributed by atoms with Gasteiger partial charge in [-0.15, -0.1) is 0 Å². The Morgan fingerprint density at radius 2 is 1.73 bits per heavy atom. The molecule has 0 aliphatic carbocycles. The van der Waals surface area contributed by atoms with Gasteiger partial charge in [0.15, 0.2) is 12.3 Å². The van der Waals surface area contributed by atoms with Crippen molar-refractivity contribution in [3.05, 3.63) is 61.8 Å². The molecule has 3 aromatic rings. The van der Waals surface area contributed by atoms with Crippen molar-refractivity contribution in [2.24, 2.45) is 5.73 Å². The van der Waals surface area contributed by atoms with Gasteiger partial charge in [0.1, 0.15) is 24.2 Å². The molecule has 1 aromatic carbocycles. The third-order valence-corrected chi connectivity index (χ3v) is 7.89. The molecule has 1 saturated heterocycles. The van der Waals surface area contributed by atoms with Gasteiger partial charge in [0.05, 0.1) is 22.1 Å². The molecule has 1 unspecified atom stereocenters. The zero-order valence-corrected chi connectivity index (χ0v) is 26.1. The van der Waals surface area contributed by atoms with Crippen LogP contribution in [0, 0.1) is 0 Å². The second-order valence-corrected chi connectivity index (χ2v) is 11.0. The lowest BCUT2D eigenvalue weighted by Gasteiger charge is -2.27. The second kappa shape index (κ2) is 13.8. The first kappa shape index (κ1) is 33.9. The van der Waals surface area contributed by atoms with Gasteiger partial charge in [-0.2, -0.15) is 0 Å². The molecule has 2 aliphatic heterocycles. The Balaban J connectivity index is 1.12. The predicted octanol–water partition coefficient (Wildman–Crippen LogP) is -2.64. The maximum atomic E-state index is 13.2. The number of nitrogen functional groups attached to an aromatic ring is 1. The molecule has 0 bridgehead atoms. The molecule has 0 radical (unpaired) electrons. The minimum Gasteiger partial charge on any atom is -0.483 e. The molecule has 5 rings (SSSR count). The lowest BCUT2D eigenvalue weighted by atomic mass is 10.0. The lowest BCUT2D eigenvalue weighted by molar-refractivity contribution is -0.136. The average Bonchev–Trinajstić information content (AvgIpc) is 3.31. The van der Waals surface area contributed by atoms with E-state index in [1.54, 1.807) is 6.92 Å². The Bertz CT molecular complexity index is 2070. The van der Waals surface area contributed by atoms with Crippen LogP contribution in [0.5, 0.6) is 5.75 Å². The van der Waals surface area contributed by atoms with Gasteiger partial charge in [-0.1, -0.05) is 6.07 Å². The number of piperidine rings is 1. The number of hydrogen-bond donors (Lipinski definition) is 5. The standard InChI is InChI=1S/C30H31N9O10/c1-2-37-25-16(11-15(24(32)43)23(31)36-25)27(45)38(30(37)48)12-20(41)33-9-4-10-34-21(42)13-49-18-6-3-5-14-22(18)29(47)39(28(14)46)17-7-8-19(40)35-26(17)44/h3,5-6,11,17H,2,4,7-10,12-13H2,1H3,(H2,31,36)(H2,32,43)(H,33,41)(H,34,42)(H,35,40,44). The van der Waals surface area contributed by atoms with Crippen LogP contribution in [0.25, 0.3) is 11.0 Å². The fourth-order valence-corrected chi connectivity index (χ4v) is 5.51. The summed E-state index contributed by atoms with van der Waals surface area (Å²) >= 11 is 0. The number of aromatic nitrogens is 3. The molecule has 4 heterocycles. The molecule has 1 atom stereocenters. The largest absolute Gasteiger partial charge is 0.483 e. The predicted molar refractivity (Wildman–Crippen MR) is 168 cm³/mol. The van der Waals surface area contributed by atoms with Crippen LogP contribution in [0.15, 0.2) is 33.9 Å². The van der Waals surface area contributed by atoms with Gasteiger partial charge >= 0.3 is 5.69 Å². The topological polar surface area (TPSA) is 277 Å². The van der Waals surface area contributed by atoms with Gasteiger partial charge in [-0.25, -0.2) is 9.78 Å². The SMILES string of the molecule is CCn1c(=O)n(CC(=O)NCCCNC(=O)COc2cccc3c2C(=O)N(C2CCC(=O)NC2=O)C3=O)c(=O)c2cc(C(N)=O)c(N)nc21. The van der Waals surface area contributed by atoms with Crippen LogP contribution in [0.2, 0.25) is 0 Å². The number of anilines is 1. The van der Waals surface area contributed by atoms with Crippen molar-refractivity contribution < 1.29 is 38.3 Å². The van der Waals surface area contributed by atoms with Crippen molar-refractivity contribution in [3.8, 4) is 5.75 Å².